The number of nitrogens with zero attached hydrogens (tertiary/aromatic N) is 2. The Labute approximate surface area is 183 Å². The number of piperidine rings is 1. The molecule has 3 rings (SSSR count). The van der Waals surface area contributed by atoms with Crippen LogP contribution in [-0.4, -0.2) is 31.1 Å². The fraction of sp³-hybridized carbons (Fsp3) is 0.375. The van der Waals surface area contributed by atoms with Crippen molar-refractivity contribution in [1.82, 2.24) is 5.32 Å². The summed E-state index contributed by atoms with van der Waals surface area (Å²) in [7, 11) is 0. The number of amides is 3. The van der Waals surface area contributed by atoms with E-state index in [-0.39, 0.29) is 11.9 Å². The van der Waals surface area contributed by atoms with Gasteiger partial charge in [-0.1, -0.05) is 13.0 Å². The van der Waals surface area contributed by atoms with Crippen molar-refractivity contribution in [2.75, 3.05) is 28.6 Å². The molecule has 7 heteroatoms. The summed E-state index contributed by atoms with van der Waals surface area (Å²) in [5, 5.41) is 17.6. The van der Waals surface area contributed by atoms with Crippen molar-refractivity contribution in [3.05, 3.63) is 53.6 Å². The van der Waals surface area contributed by atoms with Gasteiger partial charge in [0.1, 0.15) is 0 Å². The minimum absolute atomic E-state index is 0.0639. The largest absolute Gasteiger partial charge is 0.371 e. The Hall–Kier alpha value is -3.53. The van der Waals surface area contributed by atoms with E-state index in [0.717, 1.165) is 38.0 Å². The van der Waals surface area contributed by atoms with Crippen molar-refractivity contribution >= 4 is 29.0 Å². The van der Waals surface area contributed by atoms with Gasteiger partial charge in [0.15, 0.2) is 0 Å². The van der Waals surface area contributed by atoms with Gasteiger partial charge in [-0.05, 0) is 69.0 Å². The van der Waals surface area contributed by atoms with Crippen LogP contribution in [0.4, 0.5) is 21.9 Å². The first-order valence-corrected chi connectivity index (χ1v) is 10.8. The second-order valence-corrected chi connectivity index (χ2v) is 7.83. The first kappa shape index (κ1) is 22.2. The molecule has 7 nitrogen and oxygen atoms in total. The number of nitrogens with one attached hydrogen (secondary N) is 3. The Morgan fingerprint density at radius 1 is 1.06 bits per heavy atom. The van der Waals surface area contributed by atoms with Crippen molar-refractivity contribution in [2.24, 2.45) is 0 Å². The van der Waals surface area contributed by atoms with Crippen LogP contribution in [0.25, 0.3) is 0 Å². The molecule has 0 spiro atoms. The Balaban J connectivity index is 1.80. The molecule has 1 atom stereocenters. The maximum atomic E-state index is 13.0. The topological polar surface area (TPSA) is 97.3 Å². The third-order valence-electron chi connectivity index (χ3n) is 5.44. The van der Waals surface area contributed by atoms with Gasteiger partial charge in [-0.15, -0.1) is 0 Å². The second-order valence-electron chi connectivity index (χ2n) is 7.83. The summed E-state index contributed by atoms with van der Waals surface area (Å²) in [6.07, 6.45) is 4.26. The molecular formula is C24H29N5O2. The Kier molecular flexibility index (Phi) is 7.50. The van der Waals surface area contributed by atoms with E-state index in [1.165, 1.54) is 6.42 Å². The lowest BCUT2D eigenvalue weighted by Gasteiger charge is -2.31. The van der Waals surface area contributed by atoms with E-state index in [1.54, 1.807) is 30.3 Å². The number of nitriles is 1. The maximum absolute atomic E-state index is 13.0. The molecule has 1 aliphatic rings. The van der Waals surface area contributed by atoms with E-state index >= 15 is 0 Å². The number of hydrogen-bond donors (Lipinski definition) is 3. The summed E-state index contributed by atoms with van der Waals surface area (Å²) in [6.45, 7) is 5.85. The van der Waals surface area contributed by atoms with E-state index in [0.29, 0.717) is 22.5 Å². The molecule has 162 valence electrons. The quantitative estimate of drug-likeness (QED) is 0.631. The Morgan fingerprint density at radius 3 is 2.45 bits per heavy atom. The third-order valence-corrected chi connectivity index (χ3v) is 5.44. The predicted molar refractivity (Wildman–Crippen MR) is 124 cm³/mol. The highest BCUT2D eigenvalue weighted by Gasteiger charge is 2.20. The summed E-state index contributed by atoms with van der Waals surface area (Å²) in [4.78, 5) is 27.7. The summed E-state index contributed by atoms with van der Waals surface area (Å²) >= 11 is 0. The van der Waals surface area contributed by atoms with Crippen LogP contribution in [0.3, 0.4) is 0 Å². The molecule has 1 saturated heterocycles. The average molecular weight is 420 g/mol. The molecule has 0 aromatic heterocycles. The fourth-order valence-electron chi connectivity index (χ4n) is 3.57. The zero-order chi connectivity index (χ0) is 22.2. The van der Waals surface area contributed by atoms with Crippen LogP contribution in [0.5, 0.6) is 0 Å². The highest BCUT2D eigenvalue weighted by Crippen LogP contribution is 2.27. The maximum Gasteiger partial charge on any atom is 0.323 e. The molecule has 31 heavy (non-hydrogen) atoms. The van der Waals surface area contributed by atoms with Gasteiger partial charge >= 0.3 is 6.03 Å². The van der Waals surface area contributed by atoms with Gasteiger partial charge in [0, 0.05) is 36.2 Å². The number of hydrogen-bond acceptors (Lipinski definition) is 4. The lowest BCUT2D eigenvalue weighted by Crippen LogP contribution is -2.35. The molecule has 0 aliphatic carbocycles. The first-order valence-electron chi connectivity index (χ1n) is 10.8. The smallest absolute Gasteiger partial charge is 0.323 e. The van der Waals surface area contributed by atoms with Crippen LogP contribution in [0.1, 0.15) is 55.5 Å². The number of carbonyl (C=O) groups excluding carboxylic acids is 2. The summed E-state index contributed by atoms with van der Waals surface area (Å²) in [6, 6.07) is 13.8. The van der Waals surface area contributed by atoms with Gasteiger partial charge in [0.05, 0.1) is 17.2 Å². The SMILES string of the molecule is CC[C@H](C)NC(=O)c1cc(NC(=O)Nc2cccc(C#N)c2)ccc1N1CCCCC1. The lowest BCUT2D eigenvalue weighted by molar-refractivity contribution is 0.0939. The molecule has 0 saturated carbocycles. The zero-order valence-electron chi connectivity index (χ0n) is 18.1. The standard InChI is InChI=1S/C24H29N5O2/c1-3-17(2)26-23(30)21-15-20(10-11-22(21)29-12-5-4-6-13-29)28-24(31)27-19-9-7-8-18(14-19)16-25/h7-11,14-15,17H,3-6,12-13H2,1-2H3,(H,26,30)(H2,27,28,31)/t17-/m0/s1. The van der Waals surface area contributed by atoms with Crippen molar-refractivity contribution < 1.29 is 9.59 Å². The number of rotatable bonds is 6. The summed E-state index contributed by atoms with van der Waals surface area (Å²) < 4.78 is 0. The molecule has 1 fully saturated rings. The van der Waals surface area contributed by atoms with Crippen LogP contribution < -0.4 is 20.9 Å². The summed E-state index contributed by atoms with van der Waals surface area (Å²) in [5.74, 6) is -0.138. The zero-order valence-corrected chi connectivity index (χ0v) is 18.1. The van der Waals surface area contributed by atoms with Crippen LogP contribution in [-0.2, 0) is 0 Å². The molecule has 0 unspecified atom stereocenters. The van der Waals surface area contributed by atoms with Crippen LogP contribution in [0, 0.1) is 11.3 Å². The van der Waals surface area contributed by atoms with Gasteiger partial charge in [-0.25, -0.2) is 4.79 Å². The Bertz CT molecular complexity index is 976. The number of carbonyl (C=O) groups is 2. The number of urea groups is 1. The van der Waals surface area contributed by atoms with Gasteiger partial charge < -0.3 is 20.9 Å². The van der Waals surface area contributed by atoms with Crippen LogP contribution >= 0.6 is 0 Å². The molecule has 1 heterocycles. The number of anilines is 3. The van der Waals surface area contributed by atoms with E-state index in [1.807, 2.05) is 32.0 Å². The van der Waals surface area contributed by atoms with Gasteiger partial charge in [0.25, 0.3) is 5.91 Å². The first-order chi connectivity index (χ1) is 15.0. The molecule has 2 aromatic carbocycles. The molecule has 1 aliphatic heterocycles. The van der Waals surface area contributed by atoms with E-state index in [4.69, 9.17) is 5.26 Å². The average Bonchev–Trinajstić information content (AvgIpc) is 2.79. The van der Waals surface area contributed by atoms with Crippen molar-refractivity contribution in [1.29, 1.82) is 5.26 Å². The molecule has 3 N–H and O–H groups in total. The van der Waals surface area contributed by atoms with E-state index < -0.39 is 6.03 Å². The monoisotopic (exact) mass is 419 g/mol. The third kappa shape index (κ3) is 5.98. The minimum Gasteiger partial charge on any atom is -0.371 e. The van der Waals surface area contributed by atoms with E-state index in [9.17, 15) is 9.59 Å². The molecule has 0 radical (unpaired) electrons. The van der Waals surface area contributed by atoms with E-state index in [2.05, 4.69) is 20.9 Å². The van der Waals surface area contributed by atoms with Crippen LogP contribution in [0.2, 0.25) is 0 Å². The van der Waals surface area contributed by atoms with Crippen LogP contribution in [0.15, 0.2) is 42.5 Å². The molecule has 0 bridgehead atoms. The van der Waals surface area contributed by atoms with Gasteiger partial charge in [-0.3, -0.25) is 4.79 Å². The molecule has 2 aromatic rings. The van der Waals surface area contributed by atoms with Gasteiger partial charge in [0.2, 0.25) is 0 Å². The van der Waals surface area contributed by atoms with Crippen molar-refractivity contribution in [3.8, 4) is 6.07 Å². The normalized spacial score (nSPS) is 14.3. The second kappa shape index (κ2) is 10.5. The predicted octanol–water partition coefficient (Wildman–Crippen LogP) is 4.72. The minimum atomic E-state index is -0.436. The highest BCUT2D eigenvalue weighted by atomic mass is 16.2. The summed E-state index contributed by atoms with van der Waals surface area (Å²) in [5.41, 5.74) is 2.98. The molecular weight excluding hydrogens is 390 g/mol. The number of benzene rings is 2. The highest BCUT2D eigenvalue weighted by molar-refractivity contribution is 6.04. The van der Waals surface area contributed by atoms with Crippen molar-refractivity contribution in [3.63, 3.8) is 0 Å². The van der Waals surface area contributed by atoms with Crippen molar-refractivity contribution in [2.45, 2.75) is 45.6 Å². The molecule has 3 amide bonds. The fourth-order valence-corrected chi connectivity index (χ4v) is 3.57. The van der Waals surface area contributed by atoms with Gasteiger partial charge in [-0.2, -0.15) is 5.26 Å². The lowest BCUT2D eigenvalue weighted by atomic mass is 10.1. The Morgan fingerprint density at radius 2 is 1.77 bits per heavy atom.